The van der Waals surface area contributed by atoms with E-state index in [1.807, 2.05) is 69.3 Å². The van der Waals surface area contributed by atoms with Gasteiger partial charge in [0.25, 0.3) is 0 Å². The highest BCUT2D eigenvalue weighted by molar-refractivity contribution is 5.88. The van der Waals surface area contributed by atoms with Crippen LogP contribution in [0.25, 0.3) is 0 Å². The van der Waals surface area contributed by atoms with Crippen LogP contribution in [0.2, 0.25) is 0 Å². The summed E-state index contributed by atoms with van der Waals surface area (Å²) in [5.74, 6) is 0.791. The number of ether oxygens (including phenoxy) is 5. The predicted molar refractivity (Wildman–Crippen MR) is 181 cm³/mol. The lowest BCUT2D eigenvalue weighted by Gasteiger charge is -2.07. The molecule has 0 aliphatic heterocycles. The Kier molecular flexibility index (Phi) is 15.5. The van der Waals surface area contributed by atoms with E-state index in [0.717, 1.165) is 39.7 Å². The van der Waals surface area contributed by atoms with Gasteiger partial charge in [0.2, 0.25) is 0 Å². The summed E-state index contributed by atoms with van der Waals surface area (Å²) in [6.45, 7) is 14.0. The van der Waals surface area contributed by atoms with E-state index < -0.39 is 11.9 Å². The summed E-state index contributed by atoms with van der Waals surface area (Å²) in [6, 6.07) is 15.3. The Morgan fingerprint density at radius 3 is 1.90 bits per heavy atom. The number of rotatable bonds is 13. The number of aryl methyl sites for hydroxylation is 2. The van der Waals surface area contributed by atoms with E-state index in [4.69, 9.17) is 23.7 Å². The highest BCUT2D eigenvalue weighted by Gasteiger charge is 2.25. The van der Waals surface area contributed by atoms with E-state index in [1.165, 1.54) is 0 Å². The minimum Gasteiger partial charge on any atom is -0.497 e. The van der Waals surface area contributed by atoms with E-state index in [2.05, 4.69) is 36.0 Å². The number of aromatic nitrogens is 9. The quantitative estimate of drug-likeness (QED) is 0.135. The standard InChI is InChI=1S/2C14H17N3O3.C6H11N3O/c1-4-20-14(18)13-10(2)17(16-15-13)9-11-5-7-12(19-3)8-6-11;1-4-20-14(18)13-10(2)15-16-17(13)9-11-5-7-12(19-3)8-6-11;1-3-10-4-6-5(2)7-9-8-6/h2*5-8H,4,9H2,1-3H3;3-4H2,1-2H3,(H,7,8,9)/p+1. The normalized spacial score (nSPS) is 10.3. The number of hydrogen-bond donors (Lipinski definition) is 2. The molecule has 2 N–H and O–H groups in total. The van der Waals surface area contributed by atoms with Crippen molar-refractivity contribution < 1.29 is 38.0 Å². The third-order valence-corrected chi connectivity index (χ3v) is 7.13. The Morgan fingerprint density at radius 1 is 0.760 bits per heavy atom. The Labute approximate surface area is 291 Å². The van der Waals surface area contributed by atoms with Gasteiger partial charge < -0.3 is 23.7 Å². The first-order chi connectivity index (χ1) is 24.1. The molecular weight excluding hydrogens is 646 g/mol. The molecule has 0 amide bonds. The number of H-pyrrole nitrogens is 2. The van der Waals surface area contributed by atoms with Gasteiger partial charge in [-0.3, -0.25) is 0 Å². The van der Waals surface area contributed by atoms with Gasteiger partial charge in [0, 0.05) is 13.5 Å². The highest BCUT2D eigenvalue weighted by Crippen LogP contribution is 2.15. The van der Waals surface area contributed by atoms with Crippen LogP contribution < -0.4 is 14.2 Å². The Morgan fingerprint density at radius 2 is 1.36 bits per heavy atom. The van der Waals surface area contributed by atoms with Crippen LogP contribution in [0.5, 0.6) is 11.5 Å². The van der Waals surface area contributed by atoms with Crippen LogP contribution in [0, 0.1) is 20.8 Å². The molecule has 0 spiro atoms. The van der Waals surface area contributed by atoms with Gasteiger partial charge in [-0.1, -0.05) is 34.7 Å². The third-order valence-electron chi connectivity index (χ3n) is 7.13. The van der Waals surface area contributed by atoms with Crippen molar-refractivity contribution in [3.05, 3.63) is 93.8 Å². The fourth-order valence-corrected chi connectivity index (χ4v) is 4.36. The average molecular weight is 693 g/mol. The van der Waals surface area contributed by atoms with Gasteiger partial charge >= 0.3 is 17.6 Å². The van der Waals surface area contributed by atoms with Crippen molar-refractivity contribution >= 4 is 11.9 Å². The summed E-state index contributed by atoms with van der Waals surface area (Å²) < 4.78 is 28.7. The number of benzene rings is 2. The molecule has 3 heterocycles. The Bertz CT molecular complexity index is 1760. The lowest BCUT2D eigenvalue weighted by atomic mass is 10.2. The number of hydrogen-bond acceptors (Lipinski definition) is 12. The van der Waals surface area contributed by atoms with Crippen LogP contribution in [-0.4, -0.2) is 86.7 Å². The van der Waals surface area contributed by atoms with Crippen molar-refractivity contribution in [2.24, 2.45) is 0 Å². The van der Waals surface area contributed by atoms with E-state index >= 15 is 0 Å². The molecule has 0 saturated carbocycles. The molecule has 0 aliphatic rings. The van der Waals surface area contributed by atoms with Crippen molar-refractivity contribution in [1.82, 2.24) is 40.7 Å². The van der Waals surface area contributed by atoms with Crippen molar-refractivity contribution in [2.75, 3.05) is 34.0 Å². The van der Waals surface area contributed by atoms with E-state index in [0.29, 0.717) is 56.6 Å². The molecule has 0 unspecified atom stereocenters. The second-order valence-corrected chi connectivity index (χ2v) is 10.5. The van der Waals surface area contributed by atoms with Crippen LogP contribution in [0.4, 0.5) is 0 Å². The molecule has 5 rings (SSSR count). The second-order valence-electron chi connectivity index (χ2n) is 10.5. The zero-order chi connectivity index (χ0) is 36.5. The van der Waals surface area contributed by atoms with Crippen molar-refractivity contribution in [3.63, 3.8) is 0 Å². The Balaban J connectivity index is 0.000000214. The van der Waals surface area contributed by atoms with Gasteiger partial charge in [0.15, 0.2) is 11.4 Å². The molecule has 50 heavy (non-hydrogen) atoms. The molecule has 0 bridgehead atoms. The fourth-order valence-electron chi connectivity index (χ4n) is 4.36. The summed E-state index contributed by atoms with van der Waals surface area (Å²) >= 11 is 0. The number of methoxy groups -OCH3 is 2. The lowest BCUT2D eigenvalue weighted by molar-refractivity contribution is -0.751. The minimum atomic E-state index is -0.408. The molecule has 2 aromatic carbocycles. The topological polar surface area (TPSA) is 185 Å². The van der Waals surface area contributed by atoms with E-state index in [9.17, 15) is 9.59 Å². The zero-order valence-corrected chi connectivity index (χ0v) is 29.8. The molecule has 16 nitrogen and oxygen atoms in total. The van der Waals surface area contributed by atoms with Gasteiger partial charge in [-0.05, 0) is 70.0 Å². The predicted octanol–water partition coefficient (Wildman–Crippen LogP) is 3.71. The maximum atomic E-state index is 11.9. The largest absolute Gasteiger partial charge is 0.497 e. The monoisotopic (exact) mass is 692 g/mol. The third kappa shape index (κ3) is 11.2. The van der Waals surface area contributed by atoms with Gasteiger partial charge in [-0.2, -0.15) is 20.1 Å². The highest BCUT2D eigenvalue weighted by atomic mass is 16.5. The summed E-state index contributed by atoms with van der Waals surface area (Å²) in [5.41, 5.74) is 5.91. The maximum absolute atomic E-state index is 11.9. The van der Waals surface area contributed by atoms with E-state index in [1.54, 1.807) is 44.4 Å². The zero-order valence-electron chi connectivity index (χ0n) is 29.8. The average Bonchev–Trinajstić information content (AvgIpc) is 3.82. The number of carbonyl (C=O) groups is 2. The van der Waals surface area contributed by atoms with Crippen molar-refractivity contribution in [3.8, 4) is 11.5 Å². The first kappa shape index (κ1) is 38.8. The summed E-state index contributed by atoms with van der Waals surface area (Å²) in [4.78, 5) is 23.6. The van der Waals surface area contributed by atoms with E-state index in [-0.39, 0.29) is 0 Å². The lowest BCUT2D eigenvalue weighted by Crippen LogP contribution is -2.39. The van der Waals surface area contributed by atoms with Crippen LogP contribution in [0.1, 0.15) is 75.7 Å². The Hall–Kier alpha value is -5.64. The number of esters is 2. The molecule has 0 radical (unpaired) electrons. The fraction of sp³-hybridized carbons (Fsp3) is 0.412. The minimum absolute atomic E-state index is 0.320. The van der Waals surface area contributed by atoms with Crippen LogP contribution >= 0.6 is 0 Å². The summed E-state index contributed by atoms with van der Waals surface area (Å²) in [5, 5.41) is 25.0. The first-order valence-corrected chi connectivity index (χ1v) is 16.0. The summed E-state index contributed by atoms with van der Waals surface area (Å²) in [7, 11) is 3.25. The number of aromatic amines is 2. The van der Waals surface area contributed by atoms with Gasteiger partial charge in [0.1, 0.15) is 23.7 Å². The van der Waals surface area contributed by atoms with Gasteiger partial charge in [-0.25, -0.2) is 14.3 Å². The molecule has 16 heteroatoms. The van der Waals surface area contributed by atoms with Crippen LogP contribution in [-0.2, 0) is 33.9 Å². The SMILES string of the molecule is CCOC(=O)c1c(C)nnn1Cc1ccc(OC)cc1.CCOC(=O)c1n[nH][n+](Cc2ccc(OC)cc2)c1C.CCOCc1n[nH]nc1C. The molecule has 3 aromatic heterocycles. The molecule has 268 valence electrons. The first-order valence-electron chi connectivity index (χ1n) is 16.0. The van der Waals surface area contributed by atoms with Crippen molar-refractivity contribution in [2.45, 2.75) is 61.2 Å². The smallest absolute Gasteiger partial charge is 0.389 e. The number of carbonyl (C=O) groups excluding carboxylic acids is 2. The number of nitrogens with zero attached hydrogens (tertiary/aromatic N) is 7. The van der Waals surface area contributed by atoms with Crippen molar-refractivity contribution in [1.29, 1.82) is 0 Å². The maximum Gasteiger partial charge on any atom is 0.389 e. The second kappa shape index (κ2) is 20.0. The molecule has 0 aliphatic carbocycles. The molecule has 0 saturated heterocycles. The van der Waals surface area contributed by atoms with Crippen LogP contribution in [0.15, 0.2) is 48.5 Å². The van der Waals surface area contributed by atoms with Crippen LogP contribution in [0.3, 0.4) is 0 Å². The number of nitrogens with one attached hydrogen (secondary N) is 2. The molecule has 5 aromatic rings. The molecular formula is C34H46N9O7+. The van der Waals surface area contributed by atoms with Gasteiger partial charge in [-0.15, -0.1) is 5.10 Å². The molecule has 0 atom stereocenters. The van der Waals surface area contributed by atoms with Gasteiger partial charge in [0.05, 0.1) is 57.1 Å². The molecule has 0 fully saturated rings. The summed E-state index contributed by atoms with van der Waals surface area (Å²) in [6.07, 6.45) is 0.